The molecule has 5 heteroatoms. The van der Waals surface area contributed by atoms with Crippen LogP contribution >= 0.6 is 0 Å². The maximum Gasteiger partial charge on any atom is 0.129 e. The summed E-state index contributed by atoms with van der Waals surface area (Å²) in [6.45, 7) is 0.738. The first-order valence-electron chi connectivity index (χ1n) is 5.73. The van der Waals surface area contributed by atoms with Crippen molar-refractivity contribution in [1.82, 2.24) is 19.7 Å². The Hall–Kier alpha value is -2.43. The molecule has 0 saturated carbocycles. The van der Waals surface area contributed by atoms with E-state index < -0.39 is 0 Å². The Morgan fingerprint density at radius 1 is 1.28 bits per heavy atom. The van der Waals surface area contributed by atoms with Gasteiger partial charge in [0.2, 0.25) is 0 Å². The van der Waals surface area contributed by atoms with E-state index in [2.05, 4.69) is 38.6 Å². The minimum absolute atomic E-state index is 0.738. The number of aryl methyl sites for hydroxylation is 1. The van der Waals surface area contributed by atoms with Gasteiger partial charge >= 0.3 is 0 Å². The first-order valence-corrected chi connectivity index (χ1v) is 5.73. The molecule has 2 heterocycles. The molecule has 0 aliphatic heterocycles. The predicted octanol–water partition coefficient (Wildman–Crippen LogP) is 1.98. The van der Waals surface area contributed by atoms with Crippen molar-refractivity contribution in [3.05, 3.63) is 48.5 Å². The lowest BCUT2D eigenvalue weighted by molar-refractivity contribution is 0.797. The summed E-state index contributed by atoms with van der Waals surface area (Å²) in [5, 5.41) is 8.64. The highest BCUT2D eigenvalue weighted by atomic mass is 15.2. The van der Waals surface area contributed by atoms with Crippen LogP contribution in [0.15, 0.2) is 43.0 Å². The molecular formula is C13H13N5. The third-order valence-corrected chi connectivity index (χ3v) is 2.87. The van der Waals surface area contributed by atoms with Gasteiger partial charge in [-0.2, -0.15) is 5.10 Å². The van der Waals surface area contributed by atoms with Gasteiger partial charge in [-0.15, -0.1) is 0 Å². The van der Waals surface area contributed by atoms with E-state index in [-0.39, 0.29) is 0 Å². The summed E-state index contributed by atoms with van der Waals surface area (Å²) in [5.41, 5.74) is 2.34. The fraction of sp³-hybridized carbons (Fsp3) is 0.154. The maximum absolute atomic E-state index is 4.23. The normalized spacial score (nSPS) is 10.7. The molecule has 0 atom stereocenters. The lowest BCUT2D eigenvalue weighted by Crippen LogP contribution is -2.01. The summed E-state index contributed by atoms with van der Waals surface area (Å²) in [5.74, 6) is 0.830. The zero-order chi connectivity index (χ0) is 12.4. The Morgan fingerprint density at radius 2 is 2.22 bits per heavy atom. The average molecular weight is 239 g/mol. The number of hydrogen-bond donors (Lipinski definition) is 1. The van der Waals surface area contributed by atoms with Gasteiger partial charge in [-0.1, -0.05) is 6.07 Å². The molecule has 0 amide bonds. The molecule has 1 N–H and O–H groups in total. The summed E-state index contributed by atoms with van der Waals surface area (Å²) >= 11 is 0. The lowest BCUT2D eigenvalue weighted by atomic mass is 10.1. The fourth-order valence-electron chi connectivity index (χ4n) is 1.91. The SMILES string of the molecule is Cn1ncc2cc(CNc3ccncn3)ccc21. The van der Waals surface area contributed by atoms with Crippen molar-refractivity contribution in [2.75, 3.05) is 5.32 Å². The van der Waals surface area contributed by atoms with Crippen LogP contribution in [0.2, 0.25) is 0 Å². The van der Waals surface area contributed by atoms with E-state index in [9.17, 15) is 0 Å². The number of anilines is 1. The third kappa shape index (κ3) is 2.02. The molecule has 3 aromatic rings. The standard InChI is InChI=1S/C13H13N5/c1-18-12-3-2-10(6-11(12)8-17-18)7-15-13-4-5-14-9-16-13/h2-6,8-9H,7H2,1H3,(H,14,15,16). The van der Waals surface area contributed by atoms with Gasteiger partial charge < -0.3 is 5.32 Å². The smallest absolute Gasteiger partial charge is 0.129 e. The second-order valence-electron chi connectivity index (χ2n) is 4.11. The summed E-state index contributed by atoms with van der Waals surface area (Å²) < 4.78 is 1.87. The van der Waals surface area contributed by atoms with Crippen LogP contribution in [0.3, 0.4) is 0 Å². The Balaban J connectivity index is 1.79. The maximum atomic E-state index is 4.23. The molecular weight excluding hydrogens is 226 g/mol. The number of nitrogens with one attached hydrogen (secondary N) is 1. The van der Waals surface area contributed by atoms with Crippen molar-refractivity contribution in [3.8, 4) is 0 Å². The molecule has 0 spiro atoms. The van der Waals surface area contributed by atoms with Crippen molar-refractivity contribution in [2.24, 2.45) is 7.05 Å². The number of rotatable bonds is 3. The van der Waals surface area contributed by atoms with Gasteiger partial charge in [-0.3, -0.25) is 4.68 Å². The van der Waals surface area contributed by atoms with Crippen molar-refractivity contribution in [1.29, 1.82) is 0 Å². The molecule has 0 unspecified atom stereocenters. The number of fused-ring (bicyclic) bond motifs is 1. The van der Waals surface area contributed by atoms with Gasteiger partial charge in [-0.05, 0) is 23.8 Å². The molecule has 0 aliphatic rings. The van der Waals surface area contributed by atoms with Crippen LogP contribution < -0.4 is 5.32 Å². The van der Waals surface area contributed by atoms with E-state index in [0.717, 1.165) is 23.3 Å². The van der Waals surface area contributed by atoms with Crippen molar-refractivity contribution in [3.63, 3.8) is 0 Å². The Labute approximate surface area is 104 Å². The number of aromatic nitrogens is 4. The zero-order valence-corrected chi connectivity index (χ0v) is 10.0. The zero-order valence-electron chi connectivity index (χ0n) is 10.0. The molecule has 0 radical (unpaired) electrons. The van der Waals surface area contributed by atoms with E-state index in [0.29, 0.717) is 0 Å². The highest BCUT2D eigenvalue weighted by Gasteiger charge is 2.01. The van der Waals surface area contributed by atoms with E-state index in [1.165, 1.54) is 11.9 Å². The molecule has 90 valence electrons. The van der Waals surface area contributed by atoms with Crippen LogP contribution in [0, 0.1) is 0 Å². The molecule has 1 aromatic carbocycles. The third-order valence-electron chi connectivity index (χ3n) is 2.87. The molecule has 0 saturated heterocycles. The molecule has 0 bridgehead atoms. The van der Waals surface area contributed by atoms with Crippen LogP contribution in [-0.4, -0.2) is 19.7 Å². The Kier molecular flexibility index (Phi) is 2.64. The second kappa shape index (κ2) is 4.44. The van der Waals surface area contributed by atoms with E-state index in [1.807, 2.05) is 24.0 Å². The summed E-state index contributed by atoms with van der Waals surface area (Å²) in [6.07, 6.45) is 5.13. The summed E-state index contributed by atoms with van der Waals surface area (Å²) in [4.78, 5) is 8.00. The highest BCUT2D eigenvalue weighted by molar-refractivity contribution is 5.79. The first-order chi connectivity index (χ1) is 8.83. The van der Waals surface area contributed by atoms with E-state index in [4.69, 9.17) is 0 Å². The van der Waals surface area contributed by atoms with Crippen LogP contribution in [0.25, 0.3) is 10.9 Å². The topological polar surface area (TPSA) is 55.6 Å². The van der Waals surface area contributed by atoms with Crippen LogP contribution in [0.1, 0.15) is 5.56 Å². The molecule has 0 aliphatic carbocycles. The molecule has 5 nitrogen and oxygen atoms in total. The Morgan fingerprint density at radius 3 is 3.06 bits per heavy atom. The van der Waals surface area contributed by atoms with Gasteiger partial charge in [0.05, 0.1) is 11.7 Å². The van der Waals surface area contributed by atoms with E-state index >= 15 is 0 Å². The highest BCUT2D eigenvalue weighted by Crippen LogP contribution is 2.15. The molecule has 2 aromatic heterocycles. The second-order valence-corrected chi connectivity index (χ2v) is 4.11. The number of benzene rings is 1. The quantitative estimate of drug-likeness (QED) is 0.759. The van der Waals surface area contributed by atoms with Crippen molar-refractivity contribution >= 4 is 16.7 Å². The van der Waals surface area contributed by atoms with Crippen LogP contribution in [-0.2, 0) is 13.6 Å². The number of nitrogens with zero attached hydrogens (tertiary/aromatic N) is 4. The summed E-state index contributed by atoms with van der Waals surface area (Å²) in [6, 6.07) is 8.16. The molecule has 18 heavy (non-hydrogen) atoms. The summed E-state index contributed by atoms with van der Waals surface area (Å²) in [7, 11) is 1.95. The van der Waals surface area contributed by atoms with Crippen LogP contribution in [0.5, 0.6) is 0 Å². The van der Waals surface area contributed by atoms with Gasteiger partial charge in [0.25, 0.3) is 0 Å². The van der Waals surface area contributed by atoms with Gasteiger partial charge in [0.15, 0.2) is 0 Å². The average Bonchev–Trinajstić information content (AvgIpc) is 2.79. The largest absolute Gasteiger partial charge is 0.366 e. The first kappa shape index (κ1) is 10.7. The van der Waals surface area contributed by atoms with Crippen molar-refractivity contribution < 1.29 is 0 Å². The van der Waals surface area contributed by atoms with Gasteiger partial charge in [0.1, 0.15) is 12.1 Å². The Bertz CT molecular complexity index is 659. The van der Waals surface area contributed by atoms with Crippen molar-refractivity contribution in [2.45, 2.75) is 6.54 Å². The fourth-order valence-corrected chi connectivity index (χ4v) is 1.91. The minimum atomic E-state index is 0.738. The minimum Gasteiger partial charge on any atom is -0.366 e. The molecule has 3 rings (SSSR count). The molecule has 0 fully saturated rings. The predicted molar refractivity (Wildman–Crippen MR) is 70.1 cm³/mol. The number of hydrogen-bond acceptors (Lipinski definition) is 4. The van der Waals surface area contributed by atoms with E-state index in [1.54, 1.807) is 6.20 Å². The van der Waals surface area contributed by atoms with Gasteiger partial charge in [-0.25, -0.2) is 9.97 Å². The van der Waals surface area contributed by atoms with Gasteiger partial charge in [0, 0.05) is 25.2 Å². The lowest BCUT2D eigenvalue weighted by Gasteiger charge is -2.05. The van der Waals surface area contributed by atoms with Crippen LogP contribution in [0.4, 0.5) is 5.82 Å². The monoisotopic (exact) mass is 239 g/mol.